The van der Waals surface area contributed by atoms with Gasteiger partial charge in [-0.3, -0.25) is 9.59 Å². The van der Waals surface area contributed by atoms with E-state index in [1.54, 1.807) is 0 Å². The summed E-state index contributed by atoms with van der Waals surface area (Å²) in [5.74, 6) is -0.0553. The first-order valence-electron chi connectivity index (χ1n) is 8.43. The van der Waals surface area contributed by atoms with Crippen molar-refractivity contribution in [1.29, 1.82) is 0 Å². The van der Waals surface area contributed by atoms with Crippen LogP contribution in [0, 0.1) is 5.41 Å². The fourth-order valence-corrected chi connectivity index (χ4v) is 3.07. The van der Waals surface area contributed by atoms with Crippen LogP contribution in [0.2, 0.25) is 0 Å². The number of nitrogens with one attached hydrogen (secondary N) is 1. The van der Waals surface area contributed by atoms with E-state index in [0.29, 0.717) is 6.42 Å². The van der Waals surface area contributed by atoms with E-state index in [9.17, 15) is 9.59 Å². The molecular weight excluding hydrogens is 288 g/mol. The molecule has 1 N–H and O–H groups in total. The van der Waals surface area contributed by atoms with Gasteiger partial charge >= 0.3 is 0 Å². The third-order valence-electron chi connectivity index (χ3n) is 4.46. The molecule has 126 valence electrons. The first-order chi connectivity index (χ1) is 10.8. The number of likely N-dealkylation sites (tertiary alicyclic amines) is 1. The maximum Gasteiger partial charge on any atom is 0.245 e. The second-order valence-corrected chi connectivity index (χ2v) is 7.55. The molecule has 4 nitrogen and oxygen atoms in total. The highest BCUT2D eigenvalue weighted by Gasteiger charge is 2.38. The Hall–Kier alpha value is -1.84. The fourth-order valence-electron chi connectivity index (χ4n) is 3.07. The van der Waals surface area contributed by atoms with Crippen LogP contribution in [0.4, 0.5) is 0 Å². The van der Waals surface area contributed by atoms with Gasteiger partial charge in [-0.2, -0.15) is 0 Å². The van der Waals surface area contributed by atoms with Crippen LogP contribution in [0.1, 0.15) is 46.1 Å². The van der Waals surface area contributed by atoms with Crippen LogP contribution in [0.25, 0.3) is 0 Å². The average Bonchev–Trinajstić information content (AvgIpc) is 2.90. The van der Waals surface area contributed by atoms with E-state index in [0.717, 1.165) is 24.9 Å². The molecule has 0 aromatic heterocycles. The van der Waals surface area contributed by atoms with Crippen molar-refractivity contribution in [2.24, 2.45) is 5.41 Å². The smallest absolute Gasteiger partial charge is 0.245 e. The van der Waals surface area contributed by atoms with Gasteiger partial charge in [-0.15, -0.1) is 0 Å². The number of amides is 2. The van der Waals surface area contributed by atoms with Gasteiger partial charge in [0.1, 0.15) is 6.04 Å². The Morgan fingerprint density at radius 3 is 2.43 bits per heavy atom. The number of hydrogen-bond acceptors (Lipinski definition) is 2. The number of carbonyl (C=O) groups excluding carboxylic acids is 2. The van der Waals surface area contributed by atoms with Gasteiger partial charge in [0.2, 0.25) is 11.8 Å². The summed E-state index contributed by atoms with van der Waals surface area (Å²) in [7, 11) is 0. The van der Waals surface area contributed by atoms with Gasteiger partial charge in [-0.25, -0.2) is 0 Å². The summed E-state index contributed by atoms with van der Waals surface area (Å²) in [4.78, 5) is 27.2. The van der Waals surface area contributed by atoms with E-state index in [4.69, 9.17) is 0 Å². The third kappa shape index (κ3) is 4.57. The third-order valence-corrected chi connectivity index (χ3v) is 4.46. The predicted octanol–water partition coefficient (Wildman–Crippen LogP) is 2.77. The van der Waals surface area contributed by atoms with Crippen molar-refractivity contribution in [3.63, 3.8) is 0 Å². The van der Waals surface area contributed by atoms with Gasteiger partial charge in [0.25, 0.3) is 0 Å². The van der Waals surface area contributed by atoms with E-state index in [1.807, 2.05) is 56.0 Å². The topological polar surface area (TPSA) is 49.4 Å². The van der Waals surface area contributed by atoms with Gasteiger partial charge in [-0.05, 0) is 30.7 Å². The van der Waals surface area contributed by atoms with E-state index in [-0.39, 0.29) is 23.3 Å². The molecular formula is C19H28N2O2. The van der Waals surface area contributed by atoms with Gasteiger partial charge in [0.15, 0.2) is 0 Å². The highest BCUT2D eigenvalue weighted by Crippen LogP contribution is 2.25. The summed E-state index contributed by atoms with van der Waals surface area (Å²) in [6.45, 7) is 8.87. The second-order valence-electron chi connectivity index (χ2n) is 7.55. The molecule has 0 bridgehead atoms. The van der Waals surface area contributed by atoms with Crippen molar-refractivity contribution in [3.05, 3.63) is 35.9 Å². The summed E-state index contributed by atoms with van der Waals surface area (Å²) in [5, 5.41) is 2.97. The zero-order valence-corrected chi connectivity index (χ0v) is 14.6. The Morgan fingerprint density at radius 1 is 1.26 bits per heavy atom. The van der Waals surface area contributed by atoms with Crippen molar-refractivity contribution in [1.82, 2.24) is 10.2 Å². The highest BCUT2D eigenvalue weighted by atomic mass is 16.2. The SMILES string of the molecule is CC1CCCN1C(=O)C(NC(=O)Cc1ccccc1)C(C)(C)C. The number of rotatable bonds is 4. The summed E-state index contributed by atoms with van der Waals surface area (Å²) in [6, 6.07) is 9.39. The lowest BCUT2D eigenvalue weighted by Crippen LogP contribution is -2.55. The van der Waals surface area contributed by atoms with Crippen molar-refractivity contribution < 1.29 is 9.59 Å². The Kier molecular flexibility index (Phi) is 5.45. The van der Waals surface area contributed by atoms with E-state index < -0.39 is 6.04 Å². The summed E-state index contributed by atoms with van der Waals surface area (Å²) in [5.41, 5.74) is 0.644. The zero-order valence-electron chi connectivity index (χ0n) is 14.6. The summed E-state index contributed by atoms with van der Waals surface area (Å²) in [6.07, 6.45) is 2.39. The molecule has 1 aromatic carbocycles. The molecule has 2 rings (SSSR count). The second kappa shape index (κ2) is 7.16. The summed E-state index contributed by atoms with van der Waals surface area (Å²) < 4.78 is 0. The zero-order chi connectivity index (χ0) is 17.0. The van der Waals surface area contributed by atoms with Crippen molar-refractivity contribution >= 4 is 11.8 Å². The minimum absolute atomic E-state index is 0.0453. The van der Waals surface area contributed by atoms with Crippen molar-refractivity contribution in [3.8, 4) is 0 Å². The van der Waals surface area contributed by atoms with E-state index in [1.165, 1.54) is 0 Å². The van der Waals surface area contributed by atoms with E-state index in [2.05, 4.69) is 12.2 Å². The van der Waals surface area contributed by atoms with Crippen LogP contribution >= 0.6 is 0 Å². The van der Waals surface area contributed by atoms with Crippen LogP contribution in [0.15, 0.2) is 30.3 Å². The maximum absolute atomic E-state index is 12.9. The first-order valence-corrected chi connectivity index (χ1v) is 8.43. The van der Waals surface area contributed by atoms with Crippen LogP contribution in [0.3, 0.4) is 0 Å². The molecule has 4 heteroatoms. The minimum atomic E-state index is -0.487. The average molecular weight is 316 g/mol. The Labute approximate surface area is 139 Å². The lowest BCUT2D eigenvalue weighted by Gasteiger charge is -2.35. The molecule has 1 heterocycles. The standard InChI is InChI=1S/C19H28N2O2/c1-14-9-8-12-21(14)18(23)17(19(2,3)4)20-16(22)13-15-10-6-5-7-11-15/h5-7,10-11,14,17H,8-9,12-13H2,1-4H3,(H,20,22). The van der Waals surface area contributed by atoms with Gasteiger partial charge in [0, 0.05) is 12.6 Å². The minimum Gasteiger partial charge on any atom is -0.344 e. The number of carbonyl (C=O) groups is 2. The van der Waals surface area contributed by atoms with Crippen LogP contribution in [-0.2, 0) is 16.0 Å². The van der Waals surface area contributed by atoms with E-state index >= 15 is 0 Å². The van der Waals surface area contributed by atoms with Crippen molar-refractivity contribution in [2.45, 2.75) is 59.0 Å². The molecule has 0 aliphatic carbocycles. The molecule has 0 spiro atoms. The van der Waals surface area contributed by atoms with Crippen LogP contribution < -0.4 is 5.32 Å². The number of hydrogen-bond donors (Lipinski definition) is 1. The largest absolute Gasteiger partial charge is 0.344 e. The summed E-state index contributed by atoms with van der Waals surface area (Å²) >= 11 is 0. The predicted molar refractivity (Wildman–Crippen MR) is 91.9 cm³/mol. The molecule has 1 saturated heterocycles. The molecule has 2 atom stereocenters. The Morgan fingerprint density at radius 2 is 1.91 bits per heavy atom. The van der Waals surface area contributed by atoms with Gasteiger partial charge in [0.05, 0.1) is 6.42 Å². The molecule has 0 saturated carbocycles. The Balaban J connectivity index is 2.07. The first kappa shape index (κ1) is 17.5. The Bertz CT molecular complexity index is 548. The molecule has 0 radical (unpaired) electrons. The molecule has 1 aromatic rings. The molecule has 2 unspecified atom stereocenters. The van der Waals surface area contributed by atoms with Crippen LogP contribution in [0.5, 0.6) is 0 Å². The molecule has 1 fully saturated rings. The molecule has 23 heavy (non-hydrogen) atoms. The van der Waals surface area contributed by atoms with Gasteiger partial charge in [-0.1, -0.05) is 51.1 Å². The van der Waals surface area contributed by atoms with Gasteiger partial charge < -0.3 is 10.2 Å². The maximum atomic E-state index is 12.9. The number of nitrogens with zero attached hydrogens (tertiary/aromatic N) is 1. The molecule has 1 aliphatic heterocycles. The number of benzene rings is 1. The van der Waals surface area contributed by atoms with Crippen LogP contribution in [-0.4, -0.2) is 35.3 Å². The monoisotopic (exact) mass is 316 g/mol. The molecule has 1 aliphatic rings. The van der Waals surface area contributed by atoms with Crippen molar-refractivity contribution in [2.75, 3.05) is 6.54 Å². The highest BCUT2D eigenvalue weighted by molar-refractivity contribution is 5.89. The fraction of sp³-hybridized carbons (Fsp3) is 0.579. The lowest BCUT2D eigenvalue weighted by atomic mass is 9.85. The normalized spacial score (nSPS) is 19.5. The molecule has 2 amide bonds. The lowest BCUT2D eigenvalue weighted by molar-refractivity contribution is -0.139. The quantitative estimate of drug-likeness (QED) is 0.928.